The van der Waals surface area contributed by atoms with Crippen LogP contribution in [0, 0.1) is 17.8 Å². The molecular weight excluding hydrogens is 236 g/mol. The predicted molar refractivity (Wildman–Crippen MR) is 71.3 cm³/mol. The van der Waals surface area contributed by atoms with Crippen LogP contribution in [0.3, 0.4) is 0 Å². The van der Waals surface area contributed by atoms with E-state index in [1.165, 1.54) is 0 Å². The Morgan fingerprint density at radius 3 is 2.71 bits per heavy atom. The van der Waals surface area contributed by atoms with E-state index < -0.39 is 5.97 Å². The van der Waals surface area contributed by atoms with Gasteiger partial charge in [-0.25, -0.2) is 0 Å². The maximum Gasteiger partial charge on any atom is 0.307 e. The number of hydrogen-bond donors (Lipinski definition) is 2. The first kappa shape index (κ1) is 14.8. The molecule has 4 unspecified atom stereocenters. The van der Waals surface area contributed by atoms with Crippen molar-refractivity contribution < 1.29 is 15.0 Å². The monoisotopic (exact) mass is 260 g/mol. The molecule has 0 aromatic rings. The van der Waals surface area contributed by atoms with Gasteiger partial charge in [-0.1, -0.05) is 20.3 Å². The quantitative estimate of drug-likeness (QED) is 0.771. The molecule has 0 heterocycles. The van der Waals surface area contributed by atoms with Crippen LogP contribution >= 0.6 is 11.8 Å². The molecule has 0 saturated heterocycles. The third-order valence-corrected chi connectivity index (χ3v) is 5.41. The number of rotatable bonds is 6. The van der Waals surface area contributed by atoms with Crippen molar-refractivity contribution in [3.05, 3.63) is 0 Å². The zero-order valence-corrected chi connectivity index (χ0v) is 11.6. The Bertz CT molecular complexity index is 245. The number of thioether (sulfide) groups is 1. The van der Waals surface area contributed by atoms with Gasteiger partial charge < -0.3 is 10.2 Å². The van der Waals surface area contributed by atoms with Gasteiger partial charge in [0.2, 0.25) is 0 Å². The molecule has 1 aliphatic rings. The van der Waals surface area contributed by atoms with Gasteiger partial charge in [-0.3, -0.25) is 4.79 Å². The third-order valence-electron chi connectivity index (χ3n) is 3.70. The lowest BCUT2D eigenvalue weighted by Crippen LogP contribution is -2.33. The lowest BCUT2D eigenvalue weighted by atomic mass is 9.80. The van der Waals surface area contributed by atoms with E-state index in [1.54, 1.807) is 11.8 Å². The van der Waals surface area contributed by atoms with E-state index in [0.29, 0.717) is 5.92 Å². The molecule has 1 saturated carbocycles. The van der Waals surface area contributed by atoms with Crippen LogP contribution in [0.1, 0.15) is 39.5 Å². The van der Waals surface area contributed by atoms with Gasteiger partial charge in [-0.2, -0.15) is 11.8 Å². The molecule has 0 bridgehead atoms. The molecule has 0 radical (unpaired) electrons. The lowest BCUT2D eigenvalue weighted by Gasteiger charge is -2.33. The van der Waals surface area contributed by atoms with Crippen molar-refractivity contribution in [2.75, 3.05) is 12.4 Å². The summed E-state index contributed by atoms with van der Waals surface area (Å²) in [6.45, 7) is 4.38. The number of carboxylic acid groups (broad SMARTS) is 1. The smallest absolute Gasteiger partial charge is 0.307 e. The van der Waals surface area contributed by atoms with Gasteiger partial charge in [0.25, 0.3) is 0 Å². The number of aliphatic hydroxyl groups is 1. The van der Waals surface area contributed by atoms with Gasteiger partial charge in [-0.15, -0.1) is 0 Å². The van der Waals surface area contributed by atoms with Crippen LogP contribution in [0.2, 0.25) is 0 Å². The van der Waals surface area contributed by atoms with Gasteiger partial charge in [0.15, 0.2) is 0 Å². The summed E-state index contributed by atoms with van der Waals surface area (Å²) in [5, 5.41) is 18.5. The molecule has 0 spiro atoms. The van der Waals surface area contributed by atoms with Crippen LogP contribution < -0.4 is 0 Å². The molecule has 0 aliphatic heterocycles. The maximum absolute atomic E-state index is 11.2. The van der Waals surface area contributed by atoms with E-state index in [1.807, 2.05) is 6.92 Å². The predicted octanol–water partition coefficient (Wildman–Crippen LogP) is 2.63. The Balaban J connectivity index is 2.51. The van der Waals surface area contributed by atoms with Crippen LogP contribution in [0.15, 0.2) is 0 Å². The van der Waals surface area contributed by atoms with Crippen LogP contribution in [0.5, 0.6) is 0 Å². The minimum Gasteiger partial charge on any atom is -0.481 e. The zero-order valence-electron chi connectivity index (χ0n) is 10.8. The summed E-state index contributed by atoms with van der Waals surface area (Å²) < 4.78 is 0. The van der Waals surface area contributed by atoms with Gasteiger partial charge >= 0.3 is 5.97 Å². The molecule has 17 heavy (non-hydrogen) atoms. The molecule has 0 amide bonds. The summed E-state index contributed by atoms with van der Waals surface area (Å²) in [4.78, 5) is 11.2. The van der Waals surface area contributed by atoms with Crippen LogP contribution in [0.4, 0.5) is 0 Å². The van der Waals surface area contributed by atoms with Crippen molar-refractivity contribution in [3.63, 3.8) is 0 Å². The lowest BCUT2D eigenvalue weighted by molar-refractivity contribution is -0.142. The van der Waals surface area contributed by atoms with Crippen molar-refractivity contribution in [2.24, 2.45) is 17.8 Å². The number of aliphatic hydroxyl groups excluding tert-OH is 1. The molecule has 1 rings (SSSR count). The minimum atomic E-state index is -0.645. The van der Waals surface area contributed by atoms with Crippen LogP contribution in [-0.4, -0.2) is 33.8 Å². The van der Waals surface area contributed by atoms with Crippen LogP contribution in [0.25, 0.3) is 0 Å². The van der Waals surface area contributed by atoms with Crippen molar-refractivity contribution in [1.82, 2.24) is 0 Å². The summed E-state index contributed by atoms with van der Waals surface area (Å²) in [5.74, 6) is 0.979. The fraction of sp³-hybridized carbons (Fsp3) is 0.923. The van der Waals surface area contributed by atoms with Crippen molar-refractivity contribution in [3.8, 4) is 0 Å². The van der Waals surface area contributed by atoms with Crippen molar-refractivity contribution in [1.29, 1.82) is 0 Å². The Morgan fingerprint density at radius 2 is 2.18 bits per heavy atom. The second kappa shape index (κ2) is 7.27. The molecule has 1 fully saturated rings. The van der Waals surface area contributed by atoms with E-state index >= 15 is 0 Å². The average molecular weight is 260 g/mol. The number of carbonyl (C=O) groups is 1. The molecule has 4 atom stereocenters. The average Bonchev–Trinajstić information content (AvgIpc) is 2.35. The fourth-order valence-corrected chi connectivity index (χ4v) is 3.96. The van der Waals surface area contributed by atoms with E-state index in [-0.39, 0.29) is 23.7 Å². The summed E-state index contributed by atoms with van der Waals surface area (Å²) in [5.41, 5.74) is 0. The van der Waals surface area contributed by atoms with E-state index in [9.17, 15) is 9.90 Å². The topological polar surface area (TPSA) is 57.5 Å². The normalized spacial score (nSPS) is 31.1. The number of carboxylic acids is 1. The largest absolute Gasteiger partial charge is 0.481 e. The standard InChI is InChI=1S/C13H24O3S/c1-3-10-4-5-11(13(15)16)12(6-10)17-8-9(2)7-14/h9-12,14H,3-8H2,1-2H3,(H,15,16). The molecule has 0 aromatic carbocycles. The SMILES string of the molecule is CCC1CCC(C(=O)O)C(SCC(C)CO)C1. The highest BCUT2D eigenvalue weighted by Crippen LogP contribution is 2.38. The van der Waals surface area contributed by atoms with Crippen molar-refractivity contribution >= 4 is 17.7 Å². The highest BCUT2D eigenvalue weighted by molar-refractivity contribution is 7.99. The molecule has 2 N–H and O–H groups in total. The molecule has 3 nitrogen and oxygen atoms in total. The van der Waals surface area contributed by atoms with E-state index in [4.69, 9.17) is 5.11 Å². The van der Waals surface area contributed by atoms with E-state index in [2.05, 4.69) is 6.92 Å². The molecule has 0 aromatic heterocycles. The number of hydrogen-bond acceptors (Lipinski definition) is 3. The summed E-state index contributed by atoms with van der Waals surface area (Å²) in [7, 11) is 0. The Kier molecular flexibility index (Phi) is 6.34. The second-order valence-electron chi connectivity index (χ2n) is 5.19. The molecular formula is C13H24O3S. The fourth-order valence-electron chi connectivity index (χ4n) is 2.39. The van der Waals surface area contributed by atoms with Gasteiger partial charge in [0, 0.05) is 11.9 Å². The Hall–Kier alpha value is -0.220. The summed E-state index contributed by atoms with van der Waals surface area (Å²) in [6, 6.07) is 0. The second-order valence-corrected chi connectivity index (χ2v) is 6.46. The third kappa shape index (κ3) is 4.51. The summed E-state index contributed by atoms with van der Waals surface area (Å²) >= 11 is 1.74. The first-order valence-corrected chi connectivity index (χ1v) is 7.58. The van der Waals surface area contributed by atoms with Gasteiger partial charge in [0.1, 0.15) is 0 Å². The van der Waals surface area contributed by atoms with E-state index in [0.717, 1.165) is 31.4 Å². The maximum atomic E-state index is 11.2. The van der Waals surface area contributed by atoms with Gasteiger partial charge in [-0.05, 0) is 36.9 Å². The highest BCUT2D eigenvalue weighted by atomic mass is 32.2. The summed E-state index contributed by atoms with van der Waals surface area (Å²) in [6.07, 6.45) is 4.05. The Morgan fingerprint density at radius 1 is 1.47 bits per heavy atom. The number of aliphatic carboxylic acids is 1. The first-order chi connectivity index (χ1) is 8.08. The Labute approximate surface area is 108 Å². The molecule has 1 aliphatic carbocycles. The minimum absolute atomic E-state index is 0.186. The molecule has 100 valence electrons. The molecule has 4 heteroatoms. The first-order valence-electron chi connectivity index (χ1n) is 6.53. The zero-order chi connectivity index (χ0) is 12.8. The highest BCUT2D eigenvalue weighted by Gasteiger charge is 2.34. The van der Waals surface area contributed by atoms with Crippen molar-refractivity contribution in [2.45, 2.75) is 44.8 Å². The van der Waals surface area contributed by atoms with Crippen LogP contribution in [-0.2, 0) is 4.79 Å². The van der Waals surface area contributed by atoms with Gasteiger partial charge in [0.05, 0.1) is 5.92 Å².